The van der Waals surface area contributed by atoms with E-state index in [1.54, 1.807) is 0 Å². The van der Waals surface area contributed by atoms with Gasteiger partial charge in [0, 0.05) is 31.9 Å². The molecule has 0 radical (unpaired) electrons. The third-order valence-corrected chi connectivity index (χ3v) is 5.34. The van der Waals surface area contributed by atoms with Gasteiger partial charge in [-0.25, -0.2) is 0 Å². The van der Waals surface area contributed by atoms with Crippen molar-refractivity contribution >= 4 is 17.5 Å². The zero-order valence-electron chi connectivity index (χ0n) is 16.8. The van der Waals surface area contributed by atoms with Crippen molar-refractivity contribution in [1.29, 1.82) is 0 Å². The predicted molar refractivity (Wildman–Crippen MR) is 112 cm³/mol. The van der Waals surface area contributed by atoms with Crippen molar-refractivity contribution in [2.24, 2.45) is 0 Å². The summed E-state index contributed by atoms with van der Waals surface area (Å²) in [5.41, 5.74) is 4.32. The second-order valence-electron chi connectivity index (χ2n) is 7.36. The minimum Gasteiger partial charge on any atom is -0.340 e. The predicted octanol–water partition coefficient (Wildman–Crippen LogP) is 2.88. The van der Waals surface area contributed by atoms with E-state index in [0.29, 0.717) is 26.1 Å². The molecule has 1 fully saturated rings. The fraction of sp³-hybridized carbons (Fsp3) is 0.391. The Bertz CT molecular complexity index is 809. The Morgan fingerprint density at radius 1 is 0.964 bits per heavy atom. The number of benzene rings is 2. The number of nitrogens with one attached hydrogen (secondary N) is 1. The van der Waals surface area contributed by atoms with Crippen molar-refractivity contribution in [1.82, 2.24) is 9.80 Å². The van der Waals surface area contributed by atoms with Gasteiger partial charge >= 0.3 is 0 Å². The molecule has 1 heterocycles. The van der Waals surface area contributed by atoms with Crippen LogP contribution in [0.4, 0.5) is 5.69 Å². The lowest BCUT2D eigenvalue weighted by atomic mass is 10.1. The lowest BCUT2D eigenvalue weighted by Crippen LogP contribution is -2.50. The number of anilines is 1. The average Bonchev–Trinajstić information content (AvgIpc) is 2.71. The number of nitrogens with zero attached hydrogens (tertiary/aromatic N) is 2. The van der Waals surface area contributed by atoms with Crippen LogP contribution in [0, 0.1) is 6.92 Å². The quantitative estimate of drug-likeness (QED) is 0.840. The van der Waals surface area contributed by atoms with Crippen molar-refractivity contribution in [3.63, 3.8) is 0 Å². The summed E-state index contributed by atoms with van der Waals surface area (Å²) in [5, 5.41) is 2.95. The maximum atomic E-state index is 12.6. The van der Waals surface area contributed by atoms with Crippen molar-refractivity contribution in [3.8, 4) is 0 Å². The van der Waals surface area contributed by atoms with E-state index < -0.39 is 0 Å². The normalized spacial score (nSPS) is 14.7. The number of hydrogen-bond donors (Lipinski definition) is 1. The molecule has 0 saturated carbocycles. The number of hydrogen-bond acceptors (Lipinski definition) is 3. The molecule has 0 unspecified atom stereocenters. The van der Waals surface area contributed by atoms with Gasteiger partial charge in [0.15, 0.2) is 0 Å². The summed E-state index contributed by atoms with van der Waals surface area (Å²) in [6.45, 7) is 7.29. The summed E-state index contributed by atoms with van der Waals surface area (Å²) in [7, 11) is 0. The van der Waals surface area contributed by atoms with Gasteiger partial charge in [-0.05, 0) is 42.2 Å². The molecule has 5 nitrogen and oxygen atoms in total. The number of carbonyl (C=O) groups excluding carboxylic acids is 2. The molecule has 0 bridgehead atoms. The second kappa shape index (κ2) is 9.51. The van der Waals surface area contributed by atoms with Gasteiger partial charge in [0.05, 0.1) is 13.0 Å². The highest BCUT2D eigenvalue weighted by Gasteiger charge is 2.22. The number of carbonyl (C=O) groups is 2. The first kappa shape index (κ1) is 20.1. The van der Waals surface area contributed by atoms with Crippen LogP contribution < -0.4 is 5.32 Å². The van der Waals surface area contributed by atoms with Gasteiger partial charge in [-0.1, -0.05) is 43.3 Å². The molecule has 0 aromatic heterocycles. The standard InChI is InChI=1S/C23H29N3O2/c1-3-19-8-10-21(11-9-19)24-22(27)17-25-12-14-26(15-13-25)23(28)16-20-7-5-4-6-18(20)2/h4-11H,3,12-17H2,1-2H3,(H,24,27). The van der Waals surface area contributed by atoms with Crippen LogP contribution in [-0.4, -0.2) is 54.3 Å². The second-order valence-corrected chi connectivity index (χ2v) is 7.36. The van der Waals surface area contributed by atoms with E-state index in [2.05, 4.69) is 17.1 Å². The first-order valence-electron chi connectivity index (χ1n) is 9.98. The Hall–Kier alpha value is -2.66. The van der Waals surface area contributed by atoms with Gasteiger partial charge in [0.1, 0.15) is 0 Å². The molecule has 2 amide bonds. The van der Waals surface area contributed by atoms with Gasteiger partial charge in [-0.15, -0.1) is 0 Å². The maximum absolute atomic E-state index is 12.6. The smallest absolute Gasteiger partial charge is 0.238 e. The summed E-state index contributed by atoms with van der Waals surface area (Å²) in [4.78, 5) is 28.9. The monoisotopic (exact) mass is 379 g/mol. The third kappa shape index (κ3) is 5.42. The summed E-state index contributed by atoms with van der Waals surface area (Å²) in [5.74, 6) is 0.151. The van der Waals surface area contributed by atoms with Gasteiger partial charge in [-0.3, -0.25) is 14.5 Å². The summed E-state index contributed by atoms with van der Waals surface area (Å²) in [6, 6.07) is 16.0. The molecule has 148 valence electrons. The van der Waals surface area contributed by atoms with Crippen LogP contribution in [0.2, 0.25) is 0 Å². The molecule has 0 atom stereocenters. The van der Waals surface area contributed by atoms with Gasteiger partial charge in [0.2, 0.25) is 11.8 Å². The van der Waals surface area contributed by atoms with E-state index >= 15 is 0 Å². The molecular weight excluding hydrogens is 350 g/mol. The maximum Gasteiger partial charge on any atom is 0.238 e. The minimum absolute atomic E-state index is 0.0102. The highest BCUT2D eigenvalue weighted by Crippen LogP contribution is 2.12. The van der Waals surface area contributed by atoms with Gasteiger partial charge in [-0.2, -0.15) is 0 Å². The number of piperazine rings is 1. The Balaban J connectivity index is 1.43. The molecule has 0 aliphatic carbocycles. The Kier molecular flexibility index (Phi) is 6.82. The molecule has 1 N–H and O–H groups in total. The molecule has 2 aromatic carbocycles. The number of aryl methyl sites for hydroxylation is 2. The van der Waals surface area contributed by atoms with Crippen LogP contribution in [-0.2, 0) is 22.4 Å². The molecule has 28 heavy (non-hydrogen) atoms. The lowest BCUT2D eigenvalue weighted by molar-refractivity contribution is -0.132. The van der Waals surface area contributed by atoms with Crippen molar-refractivity contribution in [2.45, 2.75) is 26.7 Å². The zero-order valence-corrected chi connectivity index (χ0v) is 16.8. The molecule has 0 spiro atoms. The van der Waals surface area contributed by atoms with Crippen molar-refractivity contribution in [2.75, 3.05) is 38.0 Å². The number of rotatable bonds is 6. The minimum atomic E-state index is -0.0102. The Labute approximate surface area is 167 Å². The highest BCUT2D eigenvalue weighted by atomic mass is 16.2. The fourth-order valence-corrected chi connectivity index (χ4v) is 3.47. The van der Waals surface area contributed by atoms with Crippen LogP contribution in [0.1, 0.15) is 23.6 Å². The van der Waals surface area contributed by atoms with Gasteiger partial charge in [0.25, 0.3) is 0 Å². The molecule has 3 rings (SSSR count). The van der Waals surface area contributed by atoms with Crippen LogP contribution >= 0.6 is 0 Å². The molecule has 2 aromatic rings. The SMILES string of the molecule is CCc1ccc(NC(=O)CN2CCN(C(=O)Cc3ccccc3C)CC2)cc1. The van der Waals surface area contributed by atoms with Crippen molar-refractivity contribution < 1.29 is 9.59 Å². The van der Waals surface area contributed by atoms with Crippen molar-refractivity contribution in [3.05, 3.63) is 65.2 Å². The van der Waals surface area contributed by atoms with E-state index in [1.807, 2.05) is 60.4 Å². The van der Waals surface area contributed by atoms with E-state index in [-0.39, 0.29) is 11.8 Å². The van der Waals surface area contributed by atoms with E-state index in [1.165, 1.54) is 5.56 Å². The first-order valence-corrected chi connectivity index (χ1v) is 9.98. The lowest BCUT2D eigenvalue weighted by Gasteiger charge is -2.34. The van der Waals surface area contributed by atoms with Crippen LogP contribution in [0.25, 0.3) is 0 Å². The zero-order chi connectivity index (χ0) is 19.9. The molecular formula is C23H29N3O2. The summed E-state index contributed by atoms with van der Waals surface area (Å²) >= 11 is 0. The van der Waals surface area contributed by atoms with Crippen LogP contribution in [0.3, 0.4) is 0 Å². The van der Waals surface area contributed by atoms with E-state index in [0.717, 1.165) is 36.3 Å². The third-order valence-electron chi connectivity index (χ3n) is 5.34. The van der Waals surface area contributed by atoms with Crippen LogP contribution in [0.15, 0.2) is 48.5 Å². The largest absolute Gasteiger partial charge is 0.340 e. The highest BCUT2D eigenvalue weighted by molar-refractivity contribution is 5.92. The summed E-state index contributed by atoms with van der Waals surface area (Å²) < 4.78 is 0. The molecule has 5 heteroatoms. The number of amides is 2. The van der Waals surface area contributed by atoms with Crippen LogP contribution in [0.5, 0.6) is 0 Å². The summed E-state index contributed by atoms with van der Waals surface area (Å²) in [6.07, 6.45) is 1.43. The fourth-order valence-electron chi connectivity index (χ4n) is 3.47. The topological polar surface area (TPSA) is 52.7 Å². The van der Waals surface area contributed by atoms with Gasteiger partial charge < -0.3 is 10.2 Å². The average molecular weight is 380 g/mol. The molecule has 1 saturated heterocycles. The first-order chi connectivity index (χ1) is 13.5. The van der Waals surface area contributed by atoms with E-state index in [9.17, 15) is 9.59 Å². The Morgan fingerprint density at radius 3 is 2.29 bits per heavy atom. The molecule has 1 aliphatic rings. The Morgan fingerprint density at radius 2 is 1.64 bits per heavy atom. The van der Waals surface area contributed by atoms with E-state index in [4.69, 9.17) is 0 Å². The molecule has 1 aliphatic heterocycles.